The Hall–Kier alpha value is -1.27. The number of rotatable bonds is 3. The third-order valence-electron chi connectivity index (χ3n) is 4.46. The summed E-state index contributed by atoms with van der Waals surface area (Å²) in [6.07, 6.45) is -1.65. The molecule has 2 aliphatic rings. The van der Waals surface area contributed by atoms with Crippen LogP contribution < -0.4 is 0 Å². The number of benzene rings is 1. The maximum atomic E-state index is 11.8. The van der Waals surface area contributed by atoms with Gasteiger partial charge in [-0.05, 0) is 6.92 Å². The molecule has 2 saturated heterocycles. The van der Waals surface area contributed by atoms with E-state index in [-0.39, 0.29) is 30.0 Å². The first-order chi connectivity index (χ1) is 10.6. The summed E-state index contributed by atoms with van der Waals surface area (Å²) in [6.45, 7) is 3.98. The van der Waals surface area contributed by atoms with Gasteiger partial charge < -0.3 is 18.9 Å². The van der Waals surface area contributed by atoms with Crippen molar-refractivity contribution >= 4 is 5.78 Å². The average Bonchev–Trinajstić information content (AvgIpc) is 2.55. The molecule has 120 valence electrons. The number of hydrogen-bond donors (Lipinski definition) is 0. The molecule has 0 saturated carbocycles. The van der Waals surface area contributed by atoms with Gasteiger partial charge in [-0.1, -0.05) is 37.3 Å². The Morgan fingerprint density at radius 2 is 1.95 bits per heavy atom. The molecule has 5 heteroatoms. The Balaban J connectivity index is 1.78. The second kappa shape index (κ2) is 6.46. The first kappa shape index (κ1) is 15.6. The number of fused-ring (bicyclic) bond motifs is 1. The van der Waals surface area contributed by atoms with E-state index in [0.717, 1.165) is 5.56 Å². The normalized spacial score (nSPS) is 38.3. The van der Waals surface area contributed by atoms with E-state index in [1.807, 2.05) is 37.3 Å². The molecule has 5 nitrogen and oxygen atoms in total. The number of ketones is 1. The third-order valence-corrected chi connectivity index (χ3v) is 4.46. The van der Waals surface area contributed by atoms with Crippen molar-refractivity contribution in [1.29, 1.82) is 0 Å². The summed E-state index contributed by atoms with van der Waals surface area (Å²) in [4.78, 5) is 11.8. The maximum absolute atomic E-state index is 11.8. The number of Topliss-reactive ketones (excluding diaryl/α,β-unsaturated/α-hetero) is 1. The lowest BCUT2D eigenvalue weighted by Crippen LogP contribution is -2.60. The van der Waals surface area contributed by atoms with Gasteiger partial charge in [-0.3, -0.25) is 4.79 Å². The van der Waals surface area contributed by atoms with Gasteiger partial charge in [-0.25, -0.2) is 0 Å². The molecule has 4 unspecified atom stereocenters. The van der Waals surface area contributed by atoms with Crippen molar-refractivity contribution in [3.05, 3.63) is 35.9 Å². The maximum Gasteiger partial charge on any atom is 0.184 e. The van der Waals surface area contributed by atoms with E-state index in [1.54, 1.807) is 7.11 Å². The topological polar surface area (TPSA) is 54.0 Å². The summed E-state index contributed by atoms with van der Waals surface area (Å²) in [5.74, 6) is 0.0232. The molecule has 1 aromatic carbocycles. The van der Waals surface area contributed by atoms with E-state index >= 15 is 0 Å². The van der Waals surface area contributed by atoms with Crippen LogP contribution in [-0.4, -0.2) is 43.9 Å². The molecular formula is C17H22O5. The molecule has 6 atom stereocenters. The van der Waals surface area contributed by atoms with Crippen molar-refractivity contribution in [3.8, 4) is 0 Å². The van der Waals surface area contributed by atoms with Crippen LogP contribution in [0.3, 0.4) is 0 Å². The molecule has 0 bridgehead atoms. The molecule has 1 aromatic rings. The van der Waals surface area contributed by atoms with Crippen molar-refractivity contribution in [2.75, 3.05) is 13.7 Å². The fourth-order valence-corrected chi connectivity index (χ4v) is 3.30. The molecule has 0 aromatic heterocycles. The van der Waals surface area contributed by atoms with E-state index in [0.29, 0.717) is 6.61 Å². The lowest BCUT2D eigenvalue weighted by atomic mass is 9.85. The Bertz CT molecular complexity index is 517. The third kappa shape index (κ3) is 2.82. The summed E-state index contributed by atoms with van der Waals surface area (Å²) in [7, 11) is 1.61. The summed E-state index contributed by atoms with van der Waals surface area (Å²) >= 11 is 0. The fraction of sp³-hybridized carbons (Fsp3) is 0.588. The van der Waals surface area contributed by atoms with Crippen molar-refractivity contribution in [1.82, 2.24) is 0 Å². The van der Waals surface area contributed by atoms with Gasteiger partial charge in [0.1, 0.15) is 12.2 Å². The molecule has 0 aliphatic carbocycles. The monoisotopic (exact) mass is 306 g/mol. The van der Waals surface area contributed by atoms with Gasteiger partial charge in [-0.15, -0.1) is 0 Å². The van der Waals surface area contributed by atoms with Crippen molar-refractivity contribution in [2.45, 2.75) is 44.6 Å². The van der Waals surface area contributed by atoms with E-state index in [4.69, 9.17) is 18.9 Å². The molecule has 22 heavy (non-hydrogen) atoms. The van der Waals surface area contributed by atoms with Gasteiger partial charge in [0.25, 0.3) is 0 Å². The molecular weight excluding hydrogens is 284 g/mol. The summed E-state index contributed by atoms with van der Waals surface area (Å²) in [6, 6.07) is 9.83. The van der Waals surface area contributed by atoms with E-state index in [2.05, 4.69) is 0 Å². The summed E-state index contributed by atoms with van der Waals surface area (Å²) in [5.41, 5.74) is 0.982. The Morgan fingerprint density at radius 3 is 2.59 bits per heavy atom. The van der Waals surface area contributed by atoms with Crippen LogP contribution in [0.25, 0.3) is 0 Å². The zero-order valence-corrected chi connectivity index (χ0v) is 13.1. The largest absolute Gasteiger partial charge is 0.378 e. The first-order valence-corrected chi connectivity index (χ1v) is 7.62. The summed E-state index contributed by atoms with van der Waals surface area (Å²) < 4.78 is 23.3. The predicted molar refractivity (Wildman–Crippen MR) is 79.3 cm³/mol. The van der Waals surface area contributed by atoms with Crippen LogP contribution in [-0.2, 0) is 23.7 Å². The van der Waals surface area contributed by atoms with Gasteiger partial charge in [0.15, 0.2) is 12.1 Å². The lowest BCUT2D eigenvalue weighted by Gasteiger charge is -2.47. The number of carbonyl (C=O) groups excluding carboxylic acids is 1. The minimum Gasteiger partial charge on any atom is -0.378 e. The van der Waals surface area contributed by atoms with Gasteiger partial charge >= 0.3 is 0 Å². The first-order valence-electron chi connectivity index (χ1n) is 7.62. The number of methoxy groups -OCH3 is 1. The number of ether oxygens (including phenoxy) is 4. The highest BCUT2D eigenvalue weighted by Gasteiger charge is 2.49. The van der Waals surface area contributed by atoms with Crippen LogP contribution in [0, 0.1) is 5.92 Å². The van der Waals surface area contributed by atoms with Gasteiger partial charge in [0, 0.05) is 18.6 Å². The highest BCUT2D eigenvalue weighted by atomic mass is 16.7. The molecule has 3 rings (SSSR count). The predicted octanol–water partition coefficient (Wildman–Crippen LogP) is 2.11. The van der Waals surface area contributed by atoms with Gasteiger partial charge in [-0.2, -0.15) is 0 Å². The van der Waals surface area contributed by atoms with Crippen LogP contribution in [0.2, 0.25) is 0 Å². The van der Waals surface area contributed by atoms with E-state index in [1.165, 1.54) is 6.92 Å². The van der Waals surface area contributed by atoms with E-state index in [9.17, 15) is 4.79 Å². The minimum atomic E-state index is -0.554. The highest BCUT2D eigenvalue weighted by molar-refractivity contribution is 5.81. The summed E-state index contributed by atoms with van der Waals surface area (Å²) in [5, 5.41) is 0. The van der Waals surface area contributed by atoms with E-state index < -0.39 is 12.4 Å². The SMILES string of the molecule is COC1C(C)[C@H]2OC(c3ccccc3)OCC2O[C@H]1C(C)=O. The van der Waals surface area contributed by atoms with Crippen LogP contribution in [0.5, 0.6) is 0 Å². The molecule has 0 spiro atoms. The average molecular weight is 306 g/mol. The lowest BCUT2D eigenvalue weighted by molar-refractivity contribution is -0.314. The van der Waals surface area contributed by atoms with Gasteiger partial charge in [0.05, 0.1) is 18.8 Å². The van der Waals surface area contributed by atoms with Crippen LogP contribution in [0.4, 0.5) is 0 Å². The molecule has 0 radical (unpaired) electrons. The quantitative estimate of drug-likeness (QED) is 0.856. The standard InChI is InChI=1S/C17H22O5/c1-10-14-13(21-16(11(2)18)15(10)19-3)9-20-17(22-14)12-7-5-4-6-8-12/h4-8,10,13-17H,9H2,1-3H3/t10?,13?,14-,15?,16+,17?/m1/s1. The second-order valence-corrected chi connectivity index (χ2v) is 5.94. The van der Waals surface area contributed by atoms with Crippen molar-refractivity contribution < 1.29 is 23.7 Å². The minimum absolute atomic E-state index is 0.0256. The Kier molecular flexibility index (Phi) is 4.59. The number of carbonyl (C=O) groups is 1. The van der Waals surface area contributed by atoms with Crippen molar-refractivity contribution in [2.24, 2.45) is 5.92 Å². The molecule has 2 aliphatic heterocycles. The van der Waals surface area contributed by atoms with Crippen molar-refractivity contribution in [3.63, 3.8) is 0 Å². The zero-order valence-electron chi connectivity index (χ0n) is 13.1. The van der Waals surface area contributed by atoms with Crippen LogP contribution in [0.1, 0.15) is 25.7 Å². The Labute approximate surface area is 130 Å². The molecule has 2 heterocycles. The second-order valence-electron chi connectivity index (χ2n) is 5.94. The Morgan fingerprint density at radius 1 is 1.23 bits per heavy atom. The van der Waals surface area contributed by atoms with Crippen LogP contribution >= 0.6 is 0 Å². The zero-order chi connectivity index (χ0) is 15.7. The molecule has 2 fully saturated rings. The van der Waals surface area contributed by atoms with Gasteiger partial charge in [0.2, 0.25) is 0 Å². The smallest absolute Gasteiger partial charge is 0.184 e. The fourth-order valence-electron chi connectivity index (χ4n) is 3.30. The van der Waals surface area contributed by atoms with Crippen LogP contribution in [0.15, 0.2) is 30.3 Å². The number of hydrogen-bond acceptors (Lipinski definition) is 5. The molecule has 0 amide bonds. The molecule has 0 N–H and O–H groups in total. The highest BCUT2D eigenvalue weighted by Crippen LogP contribution is 2.37.